The summed E-state index contributed by atoms with van der Waals surface area (Å²) in [5, 5.41) is 2.61. The van der Waals surface area contributed by atoms with Crippen molar-refractivity contribution in [2.45, 2.75) is 31.8 Å². The summed E-state index contributed by atoms with van der Waals surface area (Å²) >= 11 is 6.10. The number of hydrogen-bond acceptors (Lipinski definition) is 7. The summed E-state index contributed by atoms with van der Waals surface area (Å²) in [5.41, 5.74) is 0.339. The molecule has 0 aliphatic rings. The van der Waals surface area contributed by atoms with Gasteiger partial charge in [0.25, 0.3) is 5.91 Å². The number of carbonyl (C=O) groups is 2. The monoisotopic (exact) mass is 498 g/mol. The third kappa shape index (κ3) is 6.37. The van der Waals surface area contributed by atoms with Crippen LogP contribution in [0.2, 0.25) is 5.02 Å². The molecule has 0 fully saturated rings. The Balaban J connectivity index is 2.19. The summed E-state index contributed by atoms with van der Waals surface area (Å²) in [6.07, 6.45) is -1.17. The van der Waals surface area contributed by atoms with Crippen molar-refractivity contribution in [3.8, 4) is 11.5 Å². The summed E-state index contributed by atoms with van der Waals surface area (Å²) in [6, 6.07) is 8.60. The van der Waals surface area contributed by atoms with Crippen LogP contribution < -0.4 is 14.8 Å². The molecule has 2 rings (SSSR count). The lowest BCUT2D eigenvalue weighted by molar-refractivity contribution is -0.123. The Morgan fingerprint density at radius 2 is 1.61 bits per heavy atom. The number of amides is 1. The number of nitrogens with zero attached hydrogens (tertiary/aromatic N) is 1. The highest BCUT2D eigenvalue weighted by atomic mass is 35.5. The Morgan fingerprint density at radius 1 is 1.03 bits per heavy atom. The maximum atomic E-state index is 12.8. The number of carbonyl (C=O) groups excluding carboxylic acids is 2. The van der Waals surface area contributed by atoms with E-state index in [0.717, 1.165) is 6.07 Å². The molecule has 2 aromatic rings. The topological polar surface area (TPSA) is 111 Å². The van der Waals surface area contributed by atoms with Gasteiger partial charge in [-0.1, -0.05) is 25.4 Å². The Bertz CT molecular complexity index is 1100. The second-order valence-corrected chi connectivity index (χ2v) is 9.19. The molecular formula is C22H27ClN2O7S. The van der Waals surface area contributed by atoms with Crippen LogP contribution in [0.15, 0.2) is 41.3 Å². The quantitative estimate of drug-likeness (QED) is 0.498. The Hall–Kier alpha value is -2.82. The molecule has 0 spiro atoms. The molecule has 33 heavy (non-hydrogen) atoms. The lowest BCUT2D eigenvalue weighted by Gasteiger charge is -2.20. The summed E-state index contributed by atoms with van der Waals surface area (Å²) in [4.78, 5) is 24.9. The molecule has 0 aliphatic heterocycles. The van der Waals surface area contributed by atoms with E-state index in [9.17, 15) is 18.0 Å². The molecule has 11 heteroatoms. The van der Waals surface area contributed by atoms with E-state index in [1.54, 1.807) is 32.0 Å². The van der Waals surface area contributed by atoms with Crippen molar-refractivity contribution in [3.63, 3.8) is 0 Å². The SMILES string of the molecule is CCN(CC)S(=O)(=O)c1cc(C(=O)OC(C)C(=O)Nc2cc(OC)cc(OC)c2)ccc1Cl. The molecule has 180 valence electrons. The van der Waals surface area contributed by atoms with Crippen molar-refractivity contribution < 1.29 is 32.2 Å². The number of halogens is 1. The fourth-order valence-electron chi connectivity index (χ4n) is 2.94. The van der Waals surface area contributed by atoms with E-state index in [2.05, 4.69) is 5.32 Å². The van der Waals surface area contributed by atoms with Crippen LogP contribution in [0.5, 0.6) is 11.5 Å². The van der Waals surface area contributed by atoms with Gasteiger partial charge in [-0.15, -0.1) is 0 Å². The van der Waals surface area contributed by atoms with Crippen molar-refractivity contribution in [1.82, 2.24) is 4.31 Å². The van der Waals surface area contributed by atoms with Crippen LogP contribution in [0.3, 0.4) is 0 Å². The van der Waals surface area contributed by atoms with Crippen LogP contribution in [-0.2, 0) is 19.6 Å². The highest BCUT2D eigenvalue weighted by molar-refractivity contribution is 7.89. The third-order valence-electron chi connectivity index (χ3n) is 4.76. The summed E-state index contributed by atoms with van der Waals surface area (Å²) in [5.74, 6) is -0.521. The Kier molecular flexibility index (Phi) is 9.09. The minimum absolute atomic E-state index is 0.0174. The van der Waals surface area contributed by atoms with Crippen molar-refractivity contribution >= 4 is 39.2 Å². The first-order valence-corrected chi connectivity index (χ1v) is 11.9. The van der Waals surface area contributed by atoms with Crippen molar-refractivity contribution in [1.29, 1.82) is 0 Å². The maximum absolute atomic E-state index is 12.8. The second-order valence-electron chi connectivity index (χ2n) is 6.87. The average molecular weight is 499 g/mol. The largest absolute Gasteiger partial charge is 0.497 e. The summed E-state index contributed by atoms with van der Waals surface area (Å²) < 4.78 is 42.5. The van der Waals surface area contributed by atoms with Gasteiger partial charge in [-0.25, -0.2) is 13.2 Å². The molecule has 9 nitrogen and oxygen atoms in total. The van der Waals surface area contributed by atoms with Crippen molar-refractivity contribution in [2.24, 2.45) is 0 Å². The van der Waals surface area contributed by atoms with Crippen LogP contribution in [-0.4, -0.2) is 58.0 Å². The van der Waals surface area contributed by atoms with Gasteiger partial charge >= 0.3 is 5.97 Å². The Morgan fingerprint density at radius 3 is 2.12 bits per heavy atom. The number of nitrogens with one attached hydrogen (secondary N) is 1. The highest BCUT2D eigenvalue weighted by Gasteiger charge is 2.27. The summed E-state index contributed by atoms with van der Waals surface area (Å²) in [7, 11) is -0.941. The van der Waals surface area contributed by atoms with Crippen molar-refractivity contribution in [2.75, 3.05) is 32.6 Å². The van der Waals surface area contributed by atoms with Crippen LogP contribution in [0.1, 0.15) is 31.1 Å². The number of benzene rings is 2. The number of esters is 1. The molecule has 0 saturated carbocycles. The van der Waals surface area contributed by atoms with Gasteiger partial charge in [-0.2, -0.15) is 4.31 Å². The number of hydrogen-bond donors (Lipinski definition) is 1. The average Bonchev–Trinajstić information content (AvgIpc) is 2.79. The van der Waals surface area contributed by atoms with Crippen LogP contribution in [0.4, 0.5) is 5.69 Å². The van der Waals surface area contributed by atoms with E-state index in [1.807, 2.05) is 0 Å². The molecule has 1 N–H and O–H groups in total. The molecule has 0 saturated heterocycles. The number of rotatable bonds is 10. The van der Waals surface area contributed by atoms with E-state index in [1.165, 1.54) is 37.6 Å². The number of ether oxygens (including phenoxy) is 3. The minimum atomic E-state index is -3.90. The molecule has 1 amide bonds. The van der Waals surface area contributed by atoms with Gasteiger partial charge in [0.1, 0.15) is 16.4 Å². The fourth-order valence-corrected chi connectivity index (χ4v) is 4.89. The van der Waals surface area contributed by atoms with Crippen LogP contribution in [0, 0.1) is 0 Å². The standard InChI is InChI=1S/C22H27ClN2O7S/c1-6-25(7-2)33(28,29)20-10-15(8-9-19(20)23)22(27)32-14(3)21(26)24-16-11-17(30-4)13-18(12-16)31-5/h8-14H,6-7H2,1-5H3,(H,24,26). The van der Waals surface area contributed by atoms with E-state index in [4.69, 9.17) is 25.8 Å². The molecule has 0 aliphatic carbocycles. The first kappa shape index (κ1) is 26.4. The first-order valence-electron chi connectivity index (χ1n) is 10.1. The smallest absolute Gasteiger partial charge is 0.338 e. The number of sulfonamides is 1. The first-order chi connectivity index (χ1) is 15.6. The van der Waals surface area contributed by atoms with Crippen molar-refractivity contribution in [3.05, 3.63) is 47.0 Å². The number of anilines is 1. The summed E-state index contributed by atoms with van der Waals surface area (Å²) in [6.45, 7) is 5.29. The van der Waals surface area contributed by atoms with Gasteiger partial charge in [0.15, 0.2) is 6.10 Å². The van der Waals surface area contributed by atoms with Crippen LogP contribution >= 0.6 is 11.6 Å². The predicted octanol–water partition coefficient (Wildman–Crippen LogP) is 3.57. The van der Waals surface area contributed by atoms with Gasteiger partial charge in [0.2, 0.25) is 10.0 Å². The maximum Gasteiger partial charge on any atom is 0.338 e. The van der Waals surface area contributed by atoms with Gasteiger partial charge in [0, 0.05) is 37.0 Å². The normalized spacial score (nSPS) is 12.2. The zero-order valence-electron chi connectivity index (χ0n) is 19.0. The fraction of sp³-hybridized carbons (Fsp3) is 0.364. The van der Waals surface area contributed by atoms with Gasteiger partial charge < -0.3 is 19.5 Å². The Labute approximate surface area is 198 Å². The van der Waals surface area contributed by atoms with Gasteiger partial charge in [0.05, 0.1) is 24.8 Å². The third-order valence-corrected chi connectivity index (χ3v) is 7.29. The molecule has 2 aromatic carbocycles. The minimum Gasteiger partial charge on any atom is -0.497 e. The zero-order chi connectivity index (χ0) is 24.8. The van der Waals surface area contributed by atoms with Crippen LogP contribution in [0.25, 0.3) is 0 Å². The molecule has 0 bridgehead atoms. The molecule has 0 aromatic heterocycles. The molecule has 1 atom stereocenters. The molecule has 1 unspecified atom stereocenters. The highest BCUT2D eigenvalue weighted by Crippen LogP contribution is 2.27. The van der Waals surface area contributed by atoms with E-state index >= 15 is 0 Å². The second kappa shape index (κ2) is 11.4. The lowest BCUT2D eigenvalue weighted by atomic mass is 10.2. The predicted molar refractivity (Wildman–Crippen MR) is 125 cm³/mol. The van der Waals surface area contributed by atoms with E-state index in [0.29, 0.717) is 17.2 Å². The number of methoxy groups -OCH3 is 2. The van der Waals surface area contributed by atoms with Gasteiger partial charge in [-0.3, -0.25) is 4.79 Å². The van der Waals surface area contributed by atoms with E-state index in [-0.39, 0.29) is 28.6 Å². The molecule has 0 radical (unpaired) electrons. The zero-order valence-corrected chi connectivity index (χ0v) is 20.6. The van der Waals surface area contributed by atoms with Gasteiger partial charge in [-0.05, 0) is 25.1 Å². The molecular weight excluding hydrogens is 472 g/mol. The lowest BCUT2D eigenvalue weighted by Crippen LogP contribution is -2.31. The molecule has 0 heterocycles. The van der Waals surface area contributed by atoms with E-state index < -0.39 is 28.0 Å².